The number of halogens is 2. The number of nitrogens with zero attached hydrogens (tertiary/aromatic N) is 1. The molecule has 1 rings (SSSR count). The van der Waals surface area contributed by atoms with Gasteiger partial charge < -0.3 is 10.6 Å². The number of rotatable bonds is 6. The second-order valence-electron chi connectivity index (χ2n) is 5.32. The minimum atomic E-state index is -0.285. The first kappa shape index (κ1) is 18.9. The Morgan fingerprint density at radius 1 is 1.30 bits per heavy atom. The second kappa shape index (κ2) is 8.93. The van der Waals surface area contributed by atoms with Crippen LogP contribution in [-0.4, -0.2) is 30.4 Å². The van der Waals surface area contributed by atoms with Gasteiger partial charge in [-0.1, -0.05) is 26.0 Å². The number of carbonyl (C=O) groups is 1. The summed E-state index contributed by atoms with van der Waals surface area (Å²) in [7, 11) is 1.78. The van der Waals surface area contributed by atoms with Gasteiger partial charge in [0.1, 0.15) is 5.82 Å². The molecule has 0 saturated carbocycles. The van der Waals surface area contributed by atoms with Crippen LogP contribution < -0.4 is 5.73 Å². The molecule has 1 atom stereocenters. The number of benzene rings is 1. The molecule has 0 aromatic heterocycles. The monoisotopic (exact) mass is 302 g/mol. The Kier molecular flexibility index (Phi) is 8.42. The van der Waals surface area contributed by atoms with Crippen LogP contribution in [0.15, 0.2) is 24.3 Å². The summed E-state index contributed by atoms with van der Waals surface area (Å²) in [6.07, 6.45) is 1.09. The fourth-order valence-electron chi connectivity index (χ4n) is 1.71. The molecule has 0 fully saturated rings. The summed E-state index contributed by atoms with van der Waals surface area (Å²) in [6.45, 7) is 4.80. The molecule has 0 radical (unpaired) electrons. The molecule has 1 unspecified atom stereocenters. The highest BCUT2D eigenvalue weighted by Gasteiger charge is 2.13. The van der Waals surface area contributed by atoms with Crippen molar-refractivity contribution < 1.29 is 9.18 Å². The van der Waals surface area contributed by atoms with E-state index in [1.165, 1.54) is 12.1 Å². The molecule has 0 aliphatic heterocycles. The molecule has 1 aromatic rings. The zero-order valence-corrected chi connectivity index (χ0v) is 13.1. The van der Waals surface area contributed by atoms with E-state index in [0.717, 1.165) is 12.0 Å². The van der Waals surface area contributed by atoms with Crippen molar-refractivity contribution in [2.24, 2.45) is 11.7 Å². The fourth-order valence-corrected chi connectivity index (χ4v) is 1.71. The van der Waals surface area contributed by atoms with Crippen molar-refractivity contribution in [3.63, 3.8) is 0 Å². The Hall–Kier alpha value is -1.13. The molecule has 5 heteroatoms. The summed E-state index contributed by atoms with van der Waals surface area (Å²) >= 11 is 0. The maximum Gasteiger partial charge on any atom is 0.226 e. The third-order valence-corrected chi connectivity index (χ3v) is 3.35. The lowest BCUT2D eigenvalue weighted by Gasteiger charge is -2.21. The highest BCUT2D eigenvalue weighted by molar-refractivity contribution is 5.85. The Balaban J connectivity index is 0.00000361. The molecular formula is C15H24ClFN2O. The minimum absolute atomic E-state index is 0. The summed E-state index contributed by atoms with van der Waals surface area (Å²) < 4.78 is 12.8. The molecule has 0 aliphatic rings. The van der Waals surface area contributed by atoms with Crippen molar-refractivity contribution in [3.05, 3.63) is 35.6 Å². The molecule has 2 N–H and O–H groups in total. The summed E-state index contributed by atoms with van der Waals surface area (Å²) in [5, 5.41) is 0. The number of nitrogens with two attached hydrogens (primary N) is 1. The maximum atomic E-state index is 12.8. The van der Waals surface area contributed by atoms with Gasteiger partial charge in [-0.3, -0.25) is 4.79 Å². The first-order valence-electron chi connectivity index (χ1n) is 6.64. The van der Waals surface area contributed by atoms with Crippen LogP contribution in [0.5, 0.6) is 0 Å². The maximum absolute atomic E-state index is 12.8. The van der Waals surface area contributed by atoms with Crippen LogP contribution in [0.1, 0.15) is 25.8 Å². The molecule has 0 bridgehead atoms. The third kappa shape index (κ3) is 6.35. The van der Waals surface area contributed by atoms with E-state index in [9.17, 15) is 9.18 Å². The van der Waals surface area contributed by atoms with Gasteiger partial charge in [-0.05, 0) is 30.0 Å². The summed E-state index contributed by atoms with van der Waals surface area (Å²) in [5.41, 5.74) is 6.78. The molecular weight excluding hydrogens is 279 g/mol. The van der Waals surface area contributed by atoms with Crippen LogP contribution in [0.3, 0.4) is 0 Å². The van der Waals surface area contributed by atoms with Gasteiger partial charge in [-0.15, -0.1) is 12.4 Å². The van der Waals surface area contributed by atoms with E-state index in [0.29, 0.717) is 18.9 Å². The van der Waals surface area contributed by atoms with Gasteiger partial charge in [-0.25, -0.2) is 4.39 Å². The SMILES string of the molecule is CC(C)C(N)CCN(C)C(=O)Cc1ccc(F)cc1.Cl. The van der Waals surface area contributed by atoms with E-state index in [1.807, 2.05) is 0 Å². The van der Waals surface area contributed by atoms with Crippen molar-refractivity contribution in [1.82, 2.24) is 4.90 Å². The van der Waals surface area contributed by atoms with E-state index in [2.05, 4.69) is 13.8 Å². The smallest absolute Gasteiger partial charge is 0.226 e. The van der Waals surface area contributed by atoms with E-state index < -0.39 is 0 Å². The predicted octanol–water partition coefficient (Wildman–Crippen LogP) is 2.62. The van der Waals surface area contributed by atoms with E-state index in [4.69, 9.17) is 5.73 Å². The van der Waals surface area contributed by atoms with Crippen LogP contribution >= 0.6 is 12.4 Å². The molecule has 0 aliphatic carbocycles. The van der Waals surface area contributed by atoms with Crippen molar-refractivity contribution >= 4 is 18.3 Å². The Bertz CT molecular complexity index is 409. The minimum Gasteiger partial charge on any atom is -0.345 e. The quantitative estimate of drug-likeness (QED) is 0.878. The van der Waals surface area contributed by atoms with Crippen molar-refractivity contribution in [1.29, 1.82) is 0 Å². The number of carbonyl (C=O) groups excluding carboxylic acids is 1. The van der Waals surface area contributed by atoms with Gasteiger partial charge in [0.25, 0.3) is 0 Å². The Labute approximate surface area is 126 Å². The molecule has 0 heterocycles. The van der Waals surface area contributed by atoms with Crippen molar-refractivity contribution in [2.75, 3.05) is 13.6 Å². The highest BCUT2D eigenvalue weighted by atomic mass is 35.5. The zero-order chi connectivity index (χ0) is 14.4. The van der Waals surface area contributed by atoms with Gasteiger partial charge in [0.05, 0.1) is 6.42 Å². The van der Waals surface area contributed by atoms with Gasteiger partial charge in [-0.2, -0.15) is 0 Å². The van der Waals surface area contributed by atoms with Crippen LogP contribution in [0.2, 0.25) is 0 Å². The third-order valence-electron chi connectivity index (χ3n) is 3.35. The zero-order valence-electron chi connectivity index (χ0n) is 12.3. The van der Waals surface area contributed by atoms with Gasteiger partial charge in [0.15, 0.2) is 0 Å². The average molecular weight is 303 g/mol. The summed E-state index contributed by atoms with van der Waals surface area (Å²) in [4.78, 5) is 13.7. The van der Waals surface area contributed by atoms with Crippen LogP contribution in [-0.2, 0) is 11.2 Å². The van der Waals surface area contributed by atoms with Gasteiger partial charge in [0.2, 0.25) is 5.91 Å². The molecule has 3 nitrogen and oxygen atoms in total. The standard InChI is InChI=1S/C15H23FN2O.ClH/c1-11(2)14(17)8-9-18(3)15(19)10-12-4-6-13(16)7-5-12;/h4-7,11,14H,8-10,17H2,1-3H3;1H. The first-order chi connectivity index (χ1) is 8.90. The molecule has 20 heavy (non-hydrogen) atoms. The van der Waals surface area contributed by atoms with Gasteiger partial charge in [0, 0.05) is 19.6 Å². The topological polar surface area (TPSA) is 46.3 Å². The van der Waals surface area contributed by atoms with Crippen molar-refractivity contribution in [2.45, 2.75) is 32.7 Å². The average Bonchev–Trinajstić information content (AvgIpc) is 2.37. The molecule has 0 spiro atoms. The largest absolute Gasteiger partial charge is 0.345 e. The molecule has 1 amide bonds. The number of amides is 1. The normalized spacial score (nSPS) is 11.9. The predicted molar refractivity (Wildman–Crippen MR) is 82.4 cm³/mol. The molecule has 0 saturated heterocycles. The Morgan fingerprint density at radius 2 is 1.85 bits per heavy atom. The fraction of sp³-hybridized carbons (Fsp3) is 0.533. The summed E-state index contributed by atoms with van der Waals surface area (Å²) in [6, 6.07) is 6.14. The van der Waals surface area contributed by atoms with Crippen LogP contribution in [0, 0.1) is 11.7 Å². The lowest BCUT2D eigenvalue weighted by atomic mass is 10.0. The second-order valence-corrected chi connectivity index (χ2v) is 5.32. The summed E-state index contributed by atoms with van der Waals surface area (Å²) in [5.74, 6) is 0.163. The van der Waals surface area contributed by atoms with E-state index >= 15 is 0 Å². The van der Waals surface area contributed by atoms with Crippen LogP contribution in [0.4, 0.5) is 4.39 Å². The first-order valence-corrected chi connectivity index (χ1v) is 6.64. The van der Waals surface area contributed by atoms with Gasteiger partial charge >= 0.3 is 0 Å². The Morgan fingerprint density at radius 3 is 2.35 bits per heavy atom. The lowest BCUT2D eigenvalue weighted by Crippen LogP contribution is -2.35. The van der Waals surface area contributed by atoms with Crippen molar-refractivity contribution in [3.8, 4) is 0 Å². The molecule has 114 valence electrons. The number of hydrogen-bond donors (Lipinski definition) is 1. The van der Waals surface area contributed by atoms with E-state index in [-0.39, 0.29) is 30.2 Å². The number of hydrogen-bond acceptors (Lipinski definition) is 2. The van der Waals surface area contributed by atoms with Crippen LogP contribution in [0.25, 0.3) is 0 Å². The highest BCUT2D eigenvalue weighted by Crippen LogP contribution is 2.07. The van der Waals surface area contributed by atoms with E-state index in [1.54, 1.807) is 24.1 Å². The molecule has 1 aromatic carbocycles. The lowest BCUT2D eigenvalue weighted by molar-refractivity contribution is -0.129. The number of likely N-dealkylation sites (N-methyl/N-ethyl adjacent to an activating group) is 1.